The summed E-state index contributed by atoms with van der Waals surface area (Å²) in [5, 5.41) is 0. The Morgan fingerprint density at radius 1 is 1.11 bits per heavy atom. The van der Waals surface area contributed by atoms with Crippen LogP contribution in [0.3, 0.4) is 0 Å². The molecule has 0 radical (unpaired) electrons. The zero-order valence-electron chi connectivity index (χ0n) is 13.2. The van der Waals surface area contributed by atoms with Crippen LogP contribution in [0.1, 0.15) is 58.4 Å². The SMILES string of the molecule is CCCCCC[N+]1(C)c2ccccc2CCC1(C)C. The lowest BCUT2D eigenvalue weighted by atomic mass is 9.84. The number of hydrogen-bond acceptors (Lipinski definition) is 0. The van der Waals surface area contributed by atoms with Gasteiger partial charge in [0.25, 0.3) is 0 Å². The molecule has 2 rings (SSSR count). The summed E-state index contributed by atoms with van der Waals surface area (Å²) >= 11 is 0. The van der Waals surface area contributed by atoms with Crippen LogP contribution in [0.15, 0.2) is 24.3 Å². The van der Waals surface area contributed by atoms with Gasteiger partial charge in [0.15, 0.2) is 0 Å². The van der Waals surface area contributed by atoms with Crippen molar-refractivity contribution in [3.8, 4) is 0 Å². The van der Waals surface area contributed by atoms with Crippen molar-refractivity contribution >= 4 is 5.69 Å². The third-order valence-corrected chi connectivity index (χ3v) is 5.32. The van der Waals surface area contributed by atoms with Crippen molar-refractivity contribution in [3.63, 3.8) is 0 Å². The van der Waals surface area contributed by atoms with Gasteiger partial charge in [0.05, 0.1) is 19.1 Å². The van der Waals surface area contributed by atoms with Crippen LogP contribution in [0, 0.1) is 0 Å². The van der Waals surface area contributed by atoms with E-state index in [0.717, 1.165) is 4.48 Å². The fraction of sp³-hybridized carbons (Fsp3) is 0.667. The molecule has 0 saturated carbocycles. The molecule has 1 aliphatic heterocycles. The molecule has 1 nitrogen and oxygen atoms in total. The Hall–Kier alpha value is -0.820. The van der Waals surface area contributed by atoms with Crippen LogP contribution in [0.25, 0.3) is 0 Å². The molecule has 0 N–H and O–H groups in total. The lowest BCUT2D eigenvalue weighted by molar-refractivity contribution is 0.133. The third-order valence-electron chi connectivity index (χ3n) is 5.32. The molecule has 1 heterocycles. The molecule has 0 fully saturated rings. The standard InChI is InChI=1S/C18H30N/c1-5-6-7-10-15-19(4)17-12-9-8-11-16(17)13-14-18(19,2)3/h8-9,11-12H,5-7,10,13-15H2,1-4H3/q+1. The normalized spacial score (nSPS) is 25.1. The summed E-state index contributed by atoms with van der Waals surface area (Å²) in [5.74, 6) is 0. The average molecular weight is 260 g/mol. The molecule has 1 unspecified atom stereocenters. The molecule has 1 heteroatoms. The number of hydrogen-bond donors (Lipinski definition) is 0. The number of aryl methyl sites for hydroxylation is 1. The number of rotatable bonds is 5. The van der Waals surface area contributed by atoms with Gasteiger partial charge >= 0.3 is 0 Å². The Labute approximate surface area is 119 Å². The molecule has 106 valence electrons. The van der Waals surface area contributed by atoms with E-state index in [1.807, 2.05) is 0 Å². The van der Waals surface area contributed by atoms with E-state index in [9.17, 15) is 0 Å². The van der Waals surface area contributed by atoms with Crippen LogP contribution in [-0.4, -0.2) is 19.1 Å². The van der Waals surface area contributed by atoms with Crippen LogP contribution in [0.4, 0.5) is 5.69 Å². The first-order valence-electron chi connectivity index (χ1n) is 7.95. The number of fused-ring (bicyclic) bond motifs is 1. The van der Waals surface area contributed by atoms with Gasteiger partial charge in [-0.1, -0.05) is 38.0 Å². The molecule has 1 aromatic carbocycles. The number of para-hydroxylation sites is 1. The number of nitrogens with zero attached hydrogens (tertiary/aromatic N) is 1. The van der Waals surface area contributed by atoms with Crippen molar-refractivity contribution in [2.45, 2.75) is 64.8 Å². The smallest absolute Gasteiger partial charge is 0.136 e. The van der Waals surface area contributed by atoms with E-state index >= 15 is 0 Å². The molecule has 0 aliphatic carbocycles. The van der Waals surface area contributed by atoms with E-state index in [-0.39, 0.29) is 0 Å². The minimum absolute atomic E-state index is 0.362. The number of unbranched alkanes of at least 4 members (excludes halogenated alkanes) is 3. The van der Waals surface area contributed by atoms with Crippen molar-refractivity contribution in [1.29, 1.82) is 0 Å². The van der Waals surface area contributed by atoms with E-state index in [2.05, 4.69) is 52.1 Å². The molecule has 0 saturated heterocycles. The second-order valence-electron chi connectivity index (χ2n) is 6.92. The molecule has 0 aromatic heterocycles. The van der Waals surface area contributed by atoms with Gasteiger partial charge in [0.2, 0.25) is 0 Å². The van der Waals surface area contributed by atoms with Crippen molar-refractivity contribution in [1.82, 2.24) is 4.48 Å². The maximum atomic E-state index is 2.45. The van der Waals surface area contributed by atoms with E-state index in [1.165, 1.54) is 45.1 Å². The predicted molar refractivity (Wildman–Crippen MR) is 85.6 cm³/mol. The Morgan fingerprint density at radius 2 is 1.84 bits per heavy atom. The molecule has 1 atom stereocenters. The Kier molecular flexibility index (Phi) is 4.35. The predicted octanol–water partition coefficient (Wildman–Crippen LogP) is 4.93. The fourth-order valence-electron chi connectivity index (χ4n) is 3.50. The fourth-order valence-corrected chi connectivity index (χ4v) is 3.50. The Morgan fingerprint density at radius 3 is 2.58 bits per heavy atom. The Balaban J connectivity index is 2.23. The minimum Gasteiger partial charge on any atom is -0.289 e. The number of quaternary nitrogens is 1. The minimum atomic E-state index is 0.362. The quantitative estimate of drug-likeness (QED) is 0.520. The molecule has 1 aliphatic rings. The van der Waals surface area contributed by atoms with Crippen LogP contribution in [0.2, 0.25) is 0 Å². The van der Waals surface area contributed by atoms with Gasteiger partial charge in [-0.3, -0.25) is 4.48 Å². The second kappa shape index (κ2) is 5.66. The molecule has 0 spiro atoms. The van der Waals surface area contributed by atoms with E-state index in [0.29, 0.717) is 5.54 Å². The monoisotopic (exact) mass is 260 g/mol. The van der Waals surface area contributed by atoms with E-state index in [1.54, 1.807) is 11.3 Å². The summed E-state index contributed by atoms with van der Waals surface area (Å²) in [6, 6.07) is 9.09. The van der Waals surface area contributed by atoms with Gasteiger partial charge in [0, 0.05) is 12.0 Å². The van der Waals surface area contributed by atoms with Crippen molar-refractivity contribution in [2.24, 2.45) is 0 Å². The molecule has 19 heavy (non-hydrogen) atoms. The maximum Gasteiger partial charge on any atom is 0.136 e. The van der Waals surface area contributed by atoms with Gasteiger partial charge < -0.3 is 0 Å². The first-order valence-corrected chi connectivity index (χ1v) is 7.95. The summed E-state index contributed by atoms with van der Waals surface area (Å²) in [5.41, 5.74) is 3.50. The lowest BCUT2D eigenvalue weighted by Gasteiger charge is -2.51. The zero-order chi connectivity index (χ0) is 13.9. The Bertz CT molecular complexity index is 421. The first kappa shape index (κ1) is 14.6. The lowest BCUT2D eigenvalue weighted by Crippen LogP contribution is -2.63. The highest BCUT2D eigenvalue weighted by atomic mass is 15.4. The van der Waals surface area contributed by atoms with Crippen LogP contribution < -0.4 is 4.48 Å². The van der Waals surface area contributed by atoms with Crippen LogP contribution in [0.5, 0.6) is 0 Å². The highest BCUT2D eigenvalue weighted by Crippen LogP contribution is 2.42. The summed E-state index contributed by atoms with van der Waals surface area (Å²) in [7, 11) is 2.45. The average Bonchev–Trinajstić information content (AvgIpc) is 2.40. The third kappa shape index (κ3) is 2.72. The molecular weight excluding hydrogens is 230 g/mol. The van der Waals surface area contributed by atoms with Gasteiger partial charge in [0.1, 0.15) is 5.69 Å². The summed E-state index contributed by atoms with van der Waals surface area (Å²) < 4.78 is 1.12. The largest absolute Gasteiger partial charge is 0.289 e. The second-order valence-corrected chi connectivity index (χ2v) is 6.92. The van der Waals surface area contributed by atoms with Crippen molar-refractivity contribution in [2.75, 3.05) is 13.6 Å². The molecule has 0 amide bonds. The van der Waals surface area contributed by atoms with E-state index in [4.69, 9.17) is 0 Å². The van der Waals surface area contributed by atoms with Crippen molar-refractivity contribution in [3.05, 3.63) is 29.8 Å². The van der Waals surface area contributed by atoms with Crippen LogP contribution >= 0.6 is 0 Å². The number of benzene rings is 1. The topological polar surface area (TPSA) is 0 Å². The molecule has 1 aromatic rings. The summed E-state index contributed by atoms with van der Waals surface area (Å²) in [6.45, 7) is 8.46. The summed E-state index contributed by atoms with van der Waals surface area (Å²) in [6.07, 6.45) is 7.97. The van der Waals surface area contributed by atoms with Gasteiger partial charge in [-0.05, 0) is 39.2 Å². The summed E-state index contributed by atoms with van der Waals surface area (Å²) in [4.78, 5) is 0. The highest BCUT2D eigenvalue weighted by molar-refractivity contribution is 5.53. The maximum absolute atomic E-state index is 2.45. The van der Waals surface area contributed by atoms with Crippen LogP contribution in [-0.2, 0) is 6.42 Å². The van der Waals surface area contributed by atoms with Crippen molar-refractivity contribution < 1.29 is 0 Å². The zero-order valence-corrected chi connectivity index (χ0v) is 13.2. The molecular formula is C18H30N+. The van der Waals surface area contributed by atoms with E-state index < -0.39 is 0 Å². The van der Waals surface area contributed by atoms with Gasteiger partial charge in [-0.15, -0.1) is 0 Å². The highest BCUT2D eigenvalue weighted by Gasteiger charge is 2.45. The van der Waals surface area contributed by atoms with Gasteiger partial charge in [-0.25, -0.2) is 0 Å². The molecule has 0 bridgehead atoms. The first-order chi connectivity index (χ1) is 9.01. The van der Waals surface area contributed by atoms with Gasteiger partial charge in [-0.2, -0.15) is 0 Å².